The highest BCUT2D eigenvalue weighted by molar-refractivity contribution is 7.85. The molecule has 0 saturated carbocycles. The highest BCUT2D eigenvalue weighted by Crippen LogP contribution is 2.07. The standard InChI is InChI=1S/C8H17FO3S/c1-3-4-5-6-8(9)7-12-13(2,10)11/h8H,3-7H2,1-2H3. The third-order valence-corrected chi connectivity index (χ3v) is 2.15. The molecule has 1 unspecified atom stereocenters. The van der Waals surface area contributed by atoms with Crippen molar-refractivity contribution < 1.29 is 17.0 Å². The largest absolute Gasteiger partial charge is 0.267 e. The molecule has 0 bridgehead atoms. The average molecular weight is 212 g/mol. The van der Waals surface area contributed by atoms with Crippen LogP contribution in [0.3, 0.4) is 0 Å². The van der Waals surface area contributed by atoms with E-state index in [2.05, 4.69) is 4.18 Å². The van der Waals surface area contributed by atoms with Crippen LogP contribution in [0.5, 0.6) is 0 Å². The molecule has 5 heteroatoms. The van der Waals surface area contributed by atoms with Gasteiger partial charge in [0.25, 0.3) is 10.1 Å². The summed E-state index contributed by atoms with van der Waals surface area (Å²) in [6.07, 6.45) is 2.92. The van der Waals surface area contributed by atoms with Crippen molar-refractivity contribution in [3.63, 3.8) is 0 Å². The van der Waals surface area contributed by atoms with Crippen LogP contribution in [0.1, 0.15) is 32.6 Å². The second-order valence-corrected chi connectivity index (χ2v) is 4.73. The second-order valence-electron chi connectivity index (χ2n) is 3.08. The van der Waals surface area contributed by atoms with Gasteiger partial charge in [0.15, 0.2) is 0 Å². The average Bonchev–Trinajstić information content (AvgIpc) is 2.00. The lowest BCUT2D eigenvalue weighted by atomic mass is 10.1. The summed E-state index contributed by atoms with van der Waals surface area (Å²) in [5.74, 6) is 0. The highest BCUT2D eigenvalue weighted by atomic mass is 32.2. The monoisotopic (exact) mass is 212 g/mol. The molecule has 3 nitrogen and oxygen atoms in total. The fourth-order valence-electron chi connectivity index (χ4n) is 0.897. The van der Waals surface area contributed by atoms with E-state index in [0.717, 1.165) is 25.5 Å². The summed E-state index contributed by atoms with van der Waals surface area (Å²) in [4.78, 5) is 0. The van der Waals surface area contributed by atoms with Gasteiger partial charge in [0.05, 0.1) is 12.9 Å². The topological polar surface area (TPSA) is 43.4 Å². The maximum absolute atomic E-state index is 12.9. The maximum Gasteiger partial charge on any atom is 0.264 e. The van der Waals surface area contributed by atoms with Crippen molar-refractivity contribution in [3.05, 3.63) is 0 Å². The Kier molecular flexibility index (Phi) is 6.24. The molecule has 0 aromatic heterocycles. The van der Waals surface area contributed by atoms with Gasteiger partial charge in [-0.2, -0.15) is 8.42 Å². The van der Waals surface area contributed by atoms with E-state index in [1.807, 2.05) is 6.92 Å². The number of alkyl halides is 1. The van der Waals surface area contributed by atoms with Gasteiger partial charge in [0.2, 0.25) is 0 Å². The van der Waals surface area contributed by atoms with Crippen molar-refractivity contribution in [2.45, 2.75) is 38.8 Å². The van der Waals surface area contributed by atoms with E-state index in [4.69, 9.17) is 0 Å². The normalized spacial score (nSPS) is 14.4. The van der Waals surface area contributed by atoms with Crippen LogP contribution in [0.15, 0.2) is 0 Å². The fourth-order valence-corrected chi connectivity index (χ4v) is 1.29. The first-order valence-electron chi connectivity index (χ1n) is 4.44. The summed E-state index contributed by atoms with van der Waals surface area (Å²) >= 11 is 0. The van der Waals surface area contributed by atoms with Crippen LogP contribution in [0.4, 0.5) is 4.39 Å². The molecule has 0 heterocycles. The summed E-state index contributed by atoms with van der Waals surface area (Å²) in [5, 5.41) is 0. The van der Waals surface area contributed by atoms with Gasteiger partial charge in [0, 0.05) is 0 Å². The predicted molar refractivity (Wildman–Crippen MR) is 49.8 cm³/mol. The van der Waals surface area contributed by atoms with Crippen molar-refractivity contribution >= 4 is 10.1 Å². The number of halogens is 1. The highest BCUT2D eigenvalue weighted by Gasteiger charge is 2.10. The summed E-state index contributed by atoms with van der Waals surface area (Å²) in [6, 6.07) is 0. The molecular weight excluding hydrogens is 195 g/mol. The molecule has 0 aliphatic heterocycles. The molecule has 0 N–H and O–H groups in total. The first kappa shape index (κ1) is 12.8. The van der Waals surface area contributed by atoms with Gasteiger partial charge < -0.3 is 0 Å². The zero-order chi connectivity index (χ0) is 10.3. The Morgan fingerprint density at radius 1 is 1.38 bits per heavy atom. The zero-order valence-corrected chi connectivity index (χ0v) is 8.94. The van der Waals surface area contributed by atoms with Crippen LogP contribution < -0.4 is 0 Å². The molecule has 0 spiro atoms. The number of hydrogen-bond donors (Lipinski definition) is 0. The van der Waals surface area contributed by atoms with Crippen molar-refractivity contribution in [2.75, 3.05) is 12.9 Å². The molecule has 13 heavy (non-hydrogen) atoms. The Balaban J connectivity index is 3.46. The van der Waals surface area contributed by atoms with E-state index in [9.17, 15) is 12.8 Å². The Bertz CT molecular complexity index is 213. The summed E-state index contributed by atoms with van der Waals surface area (Å²) in [5.41, 5.74) is 0. The second kappa shape index (κ2) is 6.32. The van der Waals surface area contributed by atoms with Crippen LogP contribution >= 0.6 is 0 Å². The van der Waals surface area contributed by atoms with Crippen LogP contribution in [0.25, 0.3) is 0 Å². The quantitative estimate of drug-likeness (QED) is 0.478. The summed E-state index contributed by atoms with van der Waals surface area (Å²) < 4.78 is 38.1. The Morgan fingerprint density at radius 3 is 2.46 bits per heavy atom. The third kappa shape index (κ3) is 9.76. The van der Waals surface area contributed by atoms with Gasteiger partial charge in [-0.15, -0.1) is 0 Å². The number of rotatable bonds is 7. The van der Waals surface area contributed by atoms with E-state index in [-0.39, 0.29) is 6.61 Å². The van der Waals surface area contributed by atoms with Crippen molar-refractivity contribution in [3.8, 4) is 0 Å². The molecule has 0 saturated heterocycles. The van der Waals surface area contributed by atoms with Crippen LogP contribution in [-0.4, -0.2) is 27.5 Å². The number of hydrogen-bond acceptors (Lipinski definition) is 3. The van der Waals surface area contributed by atoms with Gasteiger partial charge in [-0.3, -0.25) is 4.18 Å². The molecule has 1 atom stereocenters. The lowest BCUT2D eigenvalue weighted by molar-refractivity contribution is 0.189. The summed E-state index contributed by atoms with van der Waals surface area (Å²) in [7, 11) is -3.49. The molecule has 80 valence electrons. The minimum absolute atomic E-state index is 0.345. The van der Waals surface area contributed by atoms with E-state index >= 15 is 0 Å². The van der Waals surface area contributed by atoms with Gasteiger partial charge in [-0.05, 0) is 6.42 Å². The maximum atomic E-state index is 12.9. The van der Waals surface area contributed by atoms with E-state index in [0.29, 0.717) is 6.42 Å². The van der Waals surface area contributed by atoms with Crippen molar-refractivity contribution in [1.82, 2.24) is 0 Å². The molecule has 0 amide bonds. The molecule has 0 radical (unpaired) electrons. The molecule has 0 fully saturated rings. The SMILES string of the molecule is CCCCCC(F)COS(C)(=O)=O. The Labute approximate surface area is 79.4 Å². The molecule has 0 aromatic carbocycles. The molecule has 0 rings (SSSR count). The van der Waals surface area contributed by atoms with Gasteiger partial charge >= 0.3 is 0 Å². The minimum atomic E-state index is -3.49. The lowest BCUT2D eigenvalue weighted by Gasteiger charge is -2.06. The van der Waals surface area contributed by atoms with Gasteiger partial charge in [-0.1, -0.05) is 26.2 Å². The lowest BCUT2D eigenvalue weighted by Crippen LogP contribution is -2.14. The molecule has 0 aliphatic carbocycles. The molecular formula is C8H17FO3S. The van der Waals surface area contributed by atoms with Gasteiger partial charge in [-0.25, -0.2) is 4.39 Å². The minimum Gasteiger partial charge on any atom is -0.267 e. The van der Waals surface area contributed by atoms with Crippen molar-refractivity contribution in [2.24, 2.45) is 0 Å². The first-order chi connectivity index (χ1) is 5.95. The summed E-state index contributed by atoms with van der Waals surface area (Å²) in [6.45, 7) is 1.68. The Hall–Kier alpha value is -0.160. The molecule has 0 aliphatic rings. The van der Waals surface area contributed by atoms with Crippen LogP contribution in [0, 0.1) is 0 Å². The van der Waals surface area contributed by atoms with E-state index in [1.165, 1.54) is 0 Å². The van der Waals surface area contributed by atoms with E-state index in [1.54, 1.807) is 0 Å². The van der Waals surface area contributed by atoms with E-state index < -0.39 is 16.3 Å². The predicted octanol–water partition coefficient (Wildman–Crippen LogP) is 1.88. The smallest absolute Gasteiger partial charge is 0.264 e. The first-order valence-corrected chi connectivity index (χ1v) is 6.26. The Morgan fingerprint density at radius 2 is 2.00 bits per heavy atom. The molecule has 0 aromatic rings. The zero-order valence-electron chi connectivity index (χ0n) is 8.12. The van der Waals surface area contributed by atoms with Crippen molar-refractivity contribution in [1.29, 1.82) is 0 Å². The van der Waals surface area contributed by atoms with Crippen LogP contribution in [0.2, 0.25) is 0 Å². The number of unbranched alkanes of at least 4 members (excludes halogenated alkanes) is 2. The van der Waals surface area contributed by atoms with Gasteiger partial charge in [0.1, 0.15) is 6.17 Å². The third-order valence-electron chi connectivity index (χ3n) is 1.58. The van der Waals surface area contributed by atoms with Crippen LogP contribution in [-0.2, 0) is 14.3 Å². The fraction of sp³-hybridized carbons (Fsp3) is 1.00.